The summed E-state index contributed by atoms with van der Waals surface area (Å²) >= 11 is 0. The summed E-state index contributed by atoms with van der Waals surface area (Å²) in [6.45, 7) is 1.70. The van der Waals surface area contributed by atoms with Crippen molar-refractivity contribution in [2.24, 2.45) is 5.92 Å². The van der Waals surface area contributed by atoms with E-state index in [1.807, 2.05) is 0 Å². The van der Waals surface area contributed by atoms with E-state index in [9.17, 15) is 9.59 Å². The molecule has 6 nitrogen and oxygen atoms in total. The summed E-state index contributed by atoms with van der Waals surface area (Å²) in [5, 5.41) is 17.3. The summed E-state index contributed by atoms with van der Waals surface area (Å²) in [4.78, 5) is 21.1. The molecule has 0 fully saturated rings. The van der Waals surface area contributed by atoms with Gasteiger partial charge in [-0.1, -0.05) is 6.42 Å². The lowest BCUT2D eigenvalue weighted by molar-refractivity contribution is -0.146. The number of hydrogen-bond acceptors (Lipinski definition) is 4. The molecule has 0 aliphatic heterocycles. The zero-order valence-corrected chi connectivity index (χ0v) is 9.81. The normalized spacial score (nSPS) is 13.6. The molecule has 16 heavy (non-hydrogen) atoms. The zero-order chi connectivity index (χ0) is 11.8. The zero-order valence-electron chi connectivity index (χ0n) is 9.81. The third-order valence-electron chi connectivity index (χ3n) is 2.41. The maximum Gasteiger partial charge on any atom is 0.309 e. The first-order valence-electron chi connectivity index (χ1n) is 4.96. The van der Waals surface area contributed by atoms with Crippen molar-refractivity contribution >= 4 is 11.9 Å². The van der Waals surface area contributed by atoms with E-state index in [0.29, 0.717) is 19.3 Å². The average molecular weight is 235 g/mol. The minimum absolute atomic E-state index is 0. The van der Waals surface area contributed by atoms with Gasteiger partial charge in [-0.3, -0.25) is 9.59 Å². The first kappa shape index (κ1) is 17.3. The van der Waals surface area contributed by atoms with Crippen LogP contribution in [0.1, 0.15) is 32.6 Å². The fourth-order valence-corrected chi connectivity index (χ4v) is 1.36. The Hall–Kier alpha value is -1.14. The van der Waals surface area contributed by atoms with Crippen LogP contribution in [0.15, 0.2) is 0 Å². The standard InChI is InChI=1S/C10H18O5.H3N/c1-7(15-2)8(10(13)14)5-3-4-6-9(11)12;/h7-8H,3-6H2,1-2H3,(H,11,12)(H,13,14);1H3. The molecule has 0 aliphatic rings. The molecule has 0 aromatic carbocycles. The number of carbonyl (C=O) groups is 2. The van der Waals surface area contributed by atoms with Gasteiger partial charge in [0.25, 0.3) is 0 Å². The van der Waals surface area contributed by atoms with E-state index in [1.165, 1.54) is 7.11 Å². The summed E-state index contributed by atoms with van der Waals surface area (Å²) < 4.78 is 4.95. The van der Waals surface area contributed by atoms with Gasteiger partial charge in [-0.05, 0) is 19.8 Å². The van der Waals surface area contributed by atoms with E-state index in [4.69, 9.17) is 14.9 Å². The third-order valence-corrected chi connectivity index (χ3v) is 2.41. The van der Waals surface area contributed by atoms with E-state index in [0.717, 1.165) is 0 Å². The molecule has 2 unspecified atom stereocenters. The first-order chi connectivity index (χ1) is 6.99. The van der Waals surface area contributed by atoms with Crippen molar-refractivity contribution in [3.63, 3.8) is 0 Å². The summed E-state index contributed by atoms with van der Waals surface area (Å²) in [6, 6.07) is 0. The van der Waals surface area contributed by atoms with E-state index in [2.05, 4.69) is 0 Å². The van der Waals surface area contributed by atoms with Crippen molar-refractivity contribution in [3.8, 4) is 0 Å². The lowest BCUT2D eigenvalue weighted by atomic mass is 9.96. The van der Waals surface area contributed by atoms with Crippen LogP contribution in [0.4, 0.5) is 0 Å². The molecule has 0 spiro atoms. The van der Waals surface area contributed by atoms with Crippen LogP contribution in [-0.2, 0) is 14.3 Å². The summed E-state index contributed by atoms with van der Waals surface area (Å²) in [5.74, 6) is -2.29. The molecule has 0 rings (SSSR count). The van der Waals surface area contributed by atoms with Crippen molar-refractivity contribution in [3.05, 3.63) is 0 Å². The van der Waals surface area contributed by atoms with Crippen LogP contribution < -0.4 is 6.15 Å². The van der Waals surface area contributed by atoms with Crippen LogP contribution in [0.3, 0.4) is 0 Å². The predicted molar refractivity (Wildman–Crippen MR) is 58.7 cm³/mol. The maximum atomic E-state index is 10.8. The average Bonchev–Trinajstić information content (AvgIpc) is 2.15. The van der Waals surface area contributed by atoms with Crippen LogP contribution in [-0.4, -0.2) is 35.4 Å². The van der Waals surface area contributed by atoms with E-state index in [-0.39, 0.29) is 18.7 Å². The predicted octanol–water partition coefficient (Wildman–Crippen LogP) is 1.53. The summed E-state index contributed by atoms with van der Waals surface area (Å²) in [6.07, 6.45) is 1.31. The molecule has 0 amide bonds. The molecule has 96 valence electrons. The van der Waals surface area contributed by atoms with Crippen LogP contribution in [0, 0.1) is 5.92 Å². The Morgan fingerprint density at radius 3 is 2.19 bits per heavy atom. The van der Waals surface area contributed by atoms with Gasteiger partial charge >= 0.3 is 11.9 Å². The van der Waals surface area contributed by atoms with Gasteiger partial charge in [0.2, 0.25) is 0 Å². The van der Waals surface area contributed by atoms with Crippen molar-refractivity contribution in [1.82, 2.24) is 6.15 Å². The van der Waals surface area contributed by atoms with Crippen molar-refractivity contribution in [2.45, 2.75) is 38.7 Å². The Labute approximate surface area is 95.2 Å². The number of methoxy groups -OCH3 is 1. The lowest BCUT2D eigenvalue weighted by Crippen LogP contribution is -2.27. The number of rotatable bonds is 8. The highest BCUT2D eigenvalue weighted by atomic mass is 16.5. The van der Waals surface area contributed by atoms with Gasteiger partial charge in [0.15, 0.2) is 0 Å². The van der Waals surface area contributed by atoms with Gasteiger partial charge in [0.05, 0.1) is 12.0 Å². The third kappa shape index (κ3) is 7.19. The molecule has 0 saturated carbocycles. The Balaban J connectivity index is 0. The maximum absolute atomic E-state index is 10.8. The Morgan fingerprint density at radius 2 is 1.81 bits per heavy atom. The highest BCUT2D eigenvalue weighted by Crippen LogP contribution is 2.16. The number of ether oxygens (including phenoxy) is 1. The van der Waals surface area contributed by atoms with Gasteiger partial charge in [-0.15, -0.1) is 0 Å². The van der Waals surface area contributed by atoms with Gasteiger partial charge in [0.1, 0.15) is 0 Å². The van der Waals surface area contributed by atoms with E-state index >= 15 is 0 Å². The number of hydrogen-bond donors (Lipinski definition) is 3. The van der Waals surface area contributed by atoms with Crippen molar-refractivity contribution in [1.29, 1.82) is 0 Å². The van der Waals surface area contributed by atoms with E-state index in [1.54, 1.807) is 6.92 Å². The fourth-order valence-electron chi connectivity index (χ4n) is 1.36. The fraction of sp³-hybridized carbons (Fsp3) is 0.800. The molecule has 0 aromatic rings. The molecule has 0 saturated heterocycles. The molecular weight excluding hydrogens is 214 g/mol. The Bertz CT molecular complexity index is 219. The Kier molecular flexibility index (Phi) is 9.83. The Morgan fingerprint density at radius 1 is 1.25 bits per heavy atom. The van der Waals surface area contributed by atoms with Crippen molar-refractivity contribution in [2.75, 3.05) is 7.11 Å². The first-order valence-corrected chi connectivity index (χ1v) is 4.96. The molecule has 2 atom stereocenters. The molecular formula is C10H21NO5. The molecule has 0 aromatic heterocycles. The number of carboxylic acid groups (broad SMARTS) is 2. The van der Waals surface area contributed by atoms with Crippen molar-refractivity contribution < 1.29 is 24.5 Å². The minimum atomic E-state index is -0.889. The topological polar surface area (TPSA) is 119 Å². The van der Waals surface area contributed by atoms with Gasteiger partial charge < -0.3 is 21.1 Å². The molecule has 0 aliphatic carbocycles. The van der Waals surface area contributed by atoms with Crippen LogP contribution >= 0.6 is 0 Å². The molecule has 0 bridgehead atoms. The molecule has 5 N–H and O–H groups in total. The van der Waals surface area contributed by atoms with Crippen LogP contribution in [0.25, 0.3) is 0 Å². The minimum Gasteiger partial charge on any atom is -0.481 e. The van der Waals surface area contributed by atoms with Gasteiger partial charge in [-0.25, -0.2) is 0 Å². The smallest absolute Gasteiger partial charge is 0.309 e. The molecule has 0 heterocycles. The van der Waals surface area contributed by atoms with Crippen LogP contribution in [0.5, 0.6) is 0 Å². The SMILES string of the molecule is COC(C)C(CCCCC(=O)O)C(=O)O.N. The highest BCUT2D eigenvalue weighted by Gasteiger charge is 2.23. The number of aliphatic carboxylic acids is 2. The summed E-state index contributed by atoms with van der Waals surface area (Å²) in [7, 11) is 1.47. The molecule has 0 radical (unpaired) electrons. The second-order valence-electron chi connectivity index (χ2n) is 3.53. The van der Waals surface area contributed by atoms with Gasteiger partial charge in [0, 0.05) is 13.5 Å². The van der Waals surface area contributed by atoms with Gasteiger partial charge in [-0.2, -0.15) is 0 Å². The van der Waals surface area contributed by atoms with E-state index < -0.39 is 17.9 Å². The highest BCUT2D eigenvalue weighted by molar-refractivity contribution is 5.70. The second-order valence-corrected chi connectivity index (χ2v) is 3.53. The summed E-state index contributed by atoms with van der Waals surface area (Å²) in [5.41, 5.74) is 0. The van der Waals surface area contributed by atoms with Crippen LogP contribution in [0.2, 0.25) is 0 Å². The largest absolute Gasteiger partial charge is 0.481 e. The second kappa shape index (κ2) is 9.11. The monoisotopic (exact) mass is 235 g/mol. The number of unbranched alkanes of at least 4 members (excludes halogenated alkanes) is 1. The quantitative estimate of drug-likeness (QED) is 0.549. The lowest BCUT2D eigenvalue weighted by Gasteiger charge is -2.18. The molecule has 6 heteroatoms. The number of carboxylic acids is 2.